The molecular weight excluding hydrogens is 552 g/mol. The maximum atomic E-state index is 11.8. The minimum atomic E-state index is -0.872. The van der Waals surface area contributed by atoms with Crippen molar-refractivity contribution in [2.45, 2.75) is 52.1 Å². The predicted molar refractivity (Wildman–Crippen MR) is 137 cm³/mol. The third-order valence-corrected chi connectivity index (χ3v) is 4.34. The van der Waals surface area contributed by atoms with Gasteiger partial charge in [0, 0.05) is 12.2 Å². The second-order valence-electron chi connectivity index (χ2n) is 7.65. The summed E-state index contributed by atoms with van der Waals surface area (Å²) >= 11 is 0. The summed E-state index contributed by atoms with van der Waals surface area (Å²) in [4.78, 5) is 68.3. The van der Waals surface area contributed by atoms with Crippen LogP contribution in [0.2, 0.25) is 0 Å². The van der Waals surface area contributed by atoms with Gasteiger partial charge in [-0.25, -0.2) is 9.59 Å². The lowest BCUT2D eigenvalue weighted by Gasteiger charge is -2.15. The highest BCUT2D eigenvalue weighted by atomic mass is 16.7. The molecule has 0 radical (unpaired) electrons. The molecule has 0 spiro atoms. The molecule has 0 saturated carbocycles. The summed E-state index contributed by atoms with van der Waals surface area (Å²) in [7, 11) is 0. The summed E-state index contributed by atoms with van der Waals surface area (Å²) in [5.41, 5.74) is 0. The van der Waals surface area contributed by atoms with Crippen LogP contribution in [0, 0.1) is 0 Å². The SMILES string of the molecule is C=CC(=O)OCCOC(=O)CCC(=O)OC(C)OCCOCCOC(C)OC(=O)CCC(=O)OCCOC(=O)C=C. The van der Waals surface area contributed by atoms with Crippen LogP contribution < -0.4 is 0 Å². The van der Waals surface area contributed by atoms with Crippen molar-refractivity contribution in [3.63, 3.8) is 0 Å². The van der Waals surface area contributed by atoms with Crippen LogP contribution >= 0.6 is 0 Å². The van der Waals surface area contributed by atoms with Crippen molar-refractivity contribution in [2.24, 2.45) is 0 Å². The topological polar surface area (TPSA) is 185 Å². The lowest BCUT2D eigenvalue weighted by atomic mass is 10.3. The van der Waals surface area contributed by atoms with E-state index in [9.17, 15) is 28.8 Å². The Morgan fingerprint density at radius 2 is 0.854 bits per heavy atom. The standard InChI is InChI=1S/C26H38O15/c1-5-21(27)36-15-17-38-23(29)7-9-25(31)40-19(3)34-13-11-33-12-14-35-20(4)41-26(32)10-8-24(30)39-18-16-37-22(28)6-2/h5-6,19-20H,1-2,7-18H2,3-4H3. The second-order valence-corrected chi connectivity index (χ2v) is 7.65. The molecular formula is C26H38O15. The summed E-state index contributed by atoms with van der Waals surface area (Å²) in [5.74, 6) is -3.88. The summed E-state index contributed by atoms with van der Waals surface area (Å²) < 4.78 is 44.8. The second kappa shape index (κ2) is 24.0. The van der Waals surface area contributed by atoms with E-state index < -0.39 is 48.4 Å². The fourth-order valence-electron chi connectivity index (χ4n) is 2.47. The van der Waals surface area contributed by atoms with Crippen molar-refractivity contribution in [1.29, 1.82) is 0 Å². The summed E-state index contributed by atoms with van der Waals surface area (Å²) in [5, 5.41) is 0. The van der Waals surface area contributed by atoms with E-state index in [0.717, 1.165) is 12.2 Å². The Bertz CT molecular complexity index is 786. The van der Waals surface area contributed by atoms with E-state index in [0.29, 0.717) is 0 Å². The van der Waals surface area contributed by atoms with E-state index in [2.05, 4.69) is 22.6 Å². The molecule has 2 atom stereocenters. The molecule has 0 saturated heterocycles. The number of esters is 6. The molecule has 0 aliphatic rings. The van der Waals surface area contributed by atoms with Gasteiger partial charge in [-0.1, -0.05) is 13.2 Å². The van der Waals surface area contributed by atoms with Gasteiger partial charge < -0.3 is 42.6 Å². The Labute approximate surface area is 237 Å². The van der Waals surface area contributed by atoms with Crippen LogP contribution in [0.5, 0.6) is 0 Å². The fourth-order valence-corrected chi connectivity index (χ4v) is 2.47. The van der Waals surface area contributed by atoms with Crippen LogP contribution in [-0.4, -0.2) is 101 Å². The Morgan fingerprint density at radius 3 is 1.22 bits per heavy atom. The summed E-state index contributed by atoms with van der Waals surface area (Å²) in [6, 6.07) is 0. The van der Waals surface area contributed by atoms with Crippen LogP contribution in [0.4, 0.5) is 0 Å². The van der Waals surface area contributed by atoms with Gasteiger partial charge in [-0.2, -0.15) is 0 Å². The lowest BCUT2D eigenvalue weighted by molar-refractivity contribution is -0.181. The third-order valence-electron chi connectivity index (χ3n) is 4.34. The Kier molecular flexibility index (Phi) is 21.8. The van der Waals surface area contributed by atoms with Crippen LogP contribution in [0.3, 0.4) is 0 Å². The summed E-state index contributed by atoms with van der Waals surface area (Å²) in [6.07, 6.45) is -0.621. The van der Waals surface area contributed by atoms with Gasteiger partial charge in [0.25, 0.3) is 0 Å². The number of carbonyl (C=O) groups is 6. The van der Waals surface area contributed by atoms with Gasteiger partial charge in [0.15, 0.2) is 12.6 Å². The molecule has 232 valence electrons. The molecule has 0 aromatic heterocycles. The Balaban J connectivity index is 3.72. The molecule has 0 amide bonds. The van der Waals surface area contributed by atoms with Gasteiger partial charge in [0.05, 0.1) is 52.1 Å². The number of hydrogen-bond donors (Lipinski definition) is 0. The average molecular weight is 591 g/mol. The maximum Gasteiger partial charge on any atom is 0.330 e. The fraction of sp³-hybridized carbons (Fsp3) is 0.615. The van der Waals surface area contributed by atoms with E-state index >= 15 is 0 Å². The van der Waals surface area contributed by atoms with E-state index in [4.69, 9.17) is 33.2 Å². The minimum absolute atomic E-state index is 0.108. The van der Waals surface area contributed by atoms with Crippen molar-refractivity contribution in [3.8, 4) is 0 Å². The summed E-state index contributed by atoms with van der Waals surface area (Å²) in [6.45, 7) is 9.49. The van der Waals surface area contributed by atoms with Crippen molar-refractivity contribution in [2.75, 3.05) is 52.9 Å². The molecule has 0 aliphatic carbocycles. The quantitative estimate of drug-likeness (QED) is 0.0507. The Morgan fingerprint density at radius 1 is 0.512 bits per heavy atom. The first-order valence-electron chi connectivity index (χ1n) is 12.7. The van der Waals surface area contributed by atoms with E-state index in [1.54, 1.807) is 0 Å². The minimum Gasteiger partial charge on any atom is -0.462 e. The molecule has 0 aromatic carbocycles. The molecule has 0 heterocycles. The van der Waals surface area contributed by atoms with Gasteiger partial charge >= 0.3 is 35.8 Å². The van der Waals surface area contributed by atoms with Crippen LogP contribution in [-0.2, 0) is 71.4 Å². The average Bonchev–Trinajstić information content (AvgIpc) is 2.94. The van der Waals surface area contributed by atoms with Crippen LogP contribution in [0.15, 0.2) is 25.3 Å². The molecule has 41 heavy (non-hydrogen) atoms. The van der Waals surface area contributed by atoms with Crippen molar-refractivity contribution in [3.05, 3.63) is 25.3 Å². The molecule has 0 fully saturated rings. The Hall–Kier alpha value is -3.82. The van der Waals surface area contributed by atoms with Gasteiger partial charge in [0.2, 0.25) is 0 Å². The molecule has 0 rings (SSSR count). The van der Waals surface area contributed by atoms with Crippen LogP contribution in [0.25, 0.3) is 0 Å². The number of hydrogen-bond acceptors (Lipinski definition) is 15. The molecule has 15 nitrogen and oxygen atoms in total. The molecule has 2 unspecified atom stereocenters. The monoisotopic (exact) mass is 590 g/mol. The number of ether oxygens (including phenoxy) is 9. The van der Waals surface area contributed by atoms with Crippen molar-refractivity contribution >= 4 is 35.8 Å². The normalized spacial score (nSPS) is 11.8. The van der Waals surface area contributed by atoms with Gasteiger partial charge in [0.1, 0.15) is 26.4 Å². The first-order chi connectivity index (χ1) is 19.6. The first kappa shape index (κ1) is 37.2. The van der Waals surface area contributed by atoms with Crippen LogP contribution in [0.1, 0.15) is 39.5 Å². The van der Waals surface area contributed by atoms with Gasteiger partial charge in [-0.3, -0.25) is 19.2 Å². The molecule has 0 bridgehead atoms. The largest absolute Gasteiger partial charge is 0.462 e. The number of carbonyl (C=O) groups excluding carboxylic acids is 6. The molecule has 0 aromatic rings. The van der Waals surface area contributed by atoms with E-state index in [-0.39, 0.29) is 78.5 Å². The number of rotatable bonds is 24. The lowest BCUT2D eigenvalue weighted by Crippen LogP contribution is -2.23. The highest BCUT2D eigenvalue weighted by molar-refractivity contribution is 5.81. The highest BCUT2D eigenvalue weighted by Gasteiger charge is 2.14. The zero-order chi connectivity index (χ0) is 30.9. The maximum absolute atomic E-state index is 11.8. The molecule has 0 N–H and O–H groups in total. The van der Waals surface area contributed by atoms with E-state index in [1.165, 1.54) is 13.8 Å². The van der Waals surface area contributed by atoms with E-state index in [1.807, 2.05) is 0 Å². The zero-order valence-electron chi connectivity index (χ0n) is 23.3. The predicted octanol–water partition coefficient (Wildman–Crippen LogP) is 0.920. The third kappa shape index (κ3) is 23.8. The zero-order valence-corrected chi connectivity index (χ0v) is 23.3. The smallest absolute Gasteiger partial charge is 0.330 e. The highest BCUT2D eigenvalue weighted by Crippen LogP contribution is 2.03. The molecule has 15 heteroatoms. The first-order valence-corrected chi connectivity index (χ1v) is 12.7. The molecule has 0 aliphatic heterocycles. The van der Waals surface area contributed by atoms with Gasteiger partial charge in [-0.05, 0) is 13.8 Å². The van der Waals surface area contributed by atoms with Crippen molar-refractivity contribution in [1.82, 2.24) is 0 Å². The van der Waals surface area contributed by atoms with Gasteiger partial charge in [-0.15, -0.1) is 0 Å². The van der Waals surface area contributed by atoms with Crippen molar-refractivity contribution < 1.29 is 71.4 Å².